The van der Waals surface area contributed by atoms with E-state index in [1.165, 1.54) is 0 Å². The Morgan fingerprint density at radius 1 is 1.10 bits per heavy atom. The number of carbonyl (C=O) groups excluding carboxylic acids is 1. The molecule has 0 spiro atoms. The monoisotopic (exact) mass is 523 g/mol. The van der Waals surface area contributed by atoms with Crippen molar-refractivity contribution in [3.8, 4) is 0 Å². The van der Waals surface area contributed by atoms with E-state index >= 15 is 0 Å². The van der Waals surface area contributed by atoms with Crippen LogP contribution >= 0.6 is 0 Å². The maximum absolute atomic E-state index is 13.1. The fourth-order valence-corrected chi connectivity index (χ4v) is 4.79. The van der Waals surface area contributed by atoms with E-state index < -0.39 is 12.1 Å². The number of nitrogens with zero attached hydrogens (tertiary/aromatic N) is 4. The zero-order chi connectivity index (χ0) is 26.8. The molecule has 1 atom stereocenters. The van der Waals surface area contributed by atoms with Crippen molar-refractivity contribution in [2.24, 2.45) is 15.7 Å². The fourth-order valence-electron chi connectivity index (χ4n) is 4.79. The lowest BCUT2D eigenvalue weighted by molar-refractivity contribution is -0.117. The zero-order valence-corrected chi connectivity index (χ0v) is 21.3. The predicted octanol–water partition coefficient (Wildman–Crippen LogP) is 3.27. The molecule has 198 valence electrons. The highest BCUT2D eigenvalue weighted by Gasteiger charge is 2.29. The molecule has 2 aromatic carbocycles. The first kappa shape index (κ1) is 24.7. The zero-order valence-electron chi connectivity index (χ0n) is 21.3. The van der Waals surface area contributed by atoms with Gasteiger partial charge in [0, 0.05) is 30.4 Å². The van der Waals surface area contributed by atoms with E-state index in [0.29, 0.717) is 49.3 Å². The Morgan fingerprint density at radius 2 is 1.85 bits per heavy atom. The van der Waals surface area contributed by atoms with E-state index in [1.54, 1.807) is 6.20 Å². The van der Waals surface area contributed by atoms with Crippen LogP contribution in [0.2, 0.25) is 0 Å². The largest absolute Gasteiger partial charge is 0.405 e. The van der Waals surface area contributed by atoms with E-state index in [1.807, 2.05) is 54.6 Å². The van der Waals surface area contributed by atoms with Crippen molar-refractivity contribution in [3.63, 3.8) is 0 Å². The molecular formula is C29H29N7O3. The molecule has 10 heteroatoms. The van der Waals surface area contributed by atoms with Gasteiger partial charge >= 0.3 is 0 Å². The van der Waals surface area contributed by atoms with Crippen molar-refractivity contribution in [1.82, 2.24) is 4.98 Å². The Balaban J connectivity index is 1.29. The van der Waals surface area contributed by atoms with Crippen molar-refractivity contribution >= 4 is 34.9 Å². The van der Waals surface area contributed by atoms with Gasteiger partial charge in [0.25, 0.3) is 11.9 Å². The summed E-state index contributed by atoms with van der Waals surface area (Å²) in [5.74, 6) is -0.181. The lowest BCUT2D eigenvalue weighted by atomic mass is 10.0. The Hall–Kier alpha value is -4.57. The number of hydrogen-bond acceptors (Lipinski definition) is 8. The highest BCUT2D eigenvalue weighted by atomic mass is 16.5. The van der Waals surface area contributed by atoms with Crippen molar-refractivity contribution < 1.29 is 14.3 Å². The lowest BCUT2D eigenvalue weighted by Crippen LogP contribution is -2.38. The number of ether oxygens (including phenoxy) is 2. The van der Waals surface area contributed by atoms with Gasteiger partial charge in [0.1, 0.15) is 5.69 Å². The number of nitrogens with two attached hydrogens (primary N) is 1. The normalized spacial score (nSPS) is 19.4. The van der Waals surface area contributed by atoms with E-state index in [4.69, 9.17) is 20.6 Å². The molecule has 2 fully saturated rings. The Bertz CT molecular complexity index is 1460. The molecule has 4 N–H and O–H groups in total. The molecule has 1 amide bonds. The second kappa shape index (κ2) is 10.7. The van der Waals surface area contributed by atoms with Crippen LogP contribution in [0.25, 0.3) is 0 Å². The number of benzodiazepines with no additional fused rings is 1. The number of aromatic nitrogens is 1. The van der Waals surface area contributed by atoms with Crippen molar-refractivity contribution in [3.05, 3.63) is 89.2 Å². The molecular weight excluding hydrogens is 494 g/mol. The molecule has 0 unspecified atom stereocenters. The van der Waals surface area contributed by atoms with Crippen molar-refractivity contribution in [2.75, 3.05) is 36.5 Å². The van der Waals surface area contributed by atoms with Crippen molar-refractivity contribution in [2.45, 2.75) is 24.9 Å². The minimum atomic E-state index is -1.20. The lowest BCUT2D eigenvalue weighted by Gasteiger charge is -2.30. The standard InChI is InChI=1S/C29H29N7O3/c30-26(25-23(36-12-14-38-15-13-36)16-20(17-32-25)18-10-11-18)39-29(31)35-27-28(37)33-22-9-5-4-8-21(22)24(34-27)19-6-2-1-3-7-19/h1-9,16-18,27,30H,10-15H2,(H2,31,35)(H,33,37)/t27-/m1/s1. The molecule has 3 aromatic rings. The van der Waals surface area contributed by atoms with Crippen LogP contribution in [-0.2, 0) is 14.3 Å². The maximum atomic E-state index is 13.1. The summed E-state index contributed by atoms with van der Waals surface area (Å²) < 4.78 is 11.1. The molecule has 3 heterocycles. The first-order valence-electron chi connectivity index (χ1n) is 13.0. The van der Waals surface area contributed by atoms with E-state index in [2.05, 4.69) is 31.3 Å². The third-order valence-corrected chi connectivity index (χ3v) is 6.93. The van der Waals surface area contributed by atoms with Gasteiger partial charge in [0.15, 0.2) is 0 Å². The summed E-state index contributed by atoms with van der Waals surface area (Å²) in [6.45, 7) is 2.59. The average molecular weight is 524 g/mol. The number of benzene rings is 2. The molecule has 6 rings (SSSR count). The predicted molar refractivity (Wildman–Crippen MR) is 150 cm³/mol. The Kier molecular flexibility index (Phi) is 6.76. The van der Waals surface area contributed by atoms with Crippen LogP contribution in [0.15, 0.2) is 76.8 Å². The molecule has 0 bridgehead atoms. The number of morpholine rings is 1. The number of nitrogens with one attached hydrogen (secondary N) is 2. The molecule has 1 aromatic heterocycles. The van der Waals surface area contributed by atoms with Crippen molar-refractivity contribution in [1.29, 1.82) is 5.41 Å². The first-order chi connectivity index (χ1) is 19.1. The molecule has 1 saturated heterocycles. The third kappa shape index (κ3) is 5.37. The molecule has 10 nitrogen and oxygen atoms in total. The van der Waals surface area contributed by atoms with Gasteiger partial charge in [-0.25, -0.2) is 9.98 Å². The molecule has 2 aliphatic heterocycles. The van der Waals surface area contributed by atoms with E-state index in [0.717, 1.165) is 35.2 Å². The average Bonchev–Trinajstić information content (AvgIpc) is 3.83. The van der Waals surface area contributed by atoms with E-state index in [9.17, 15) is 4.79 Å². The fraction of sp³-hybridized carbons (Fsp3) is 0.276. The van der Waals surface area contributed by atoms with Crippen LogP contribution in [0.4, 0.5) is 11.4 Å². The third-order valence-electron chi connectivity index (χ3n) is 6.93. The molecule has 3 aliphatic rings. The van der Waals surface area contributed by atoms with Crippen LogP contribution in [0.3, 0.4) is 0 Å². The van der Waals surface area contributed by atoms with Crippen LogP contribution < -0.4 is 16.0 Å². The molecule has 1 saturated carbocycles. The van der Waals surface area contributed by atoms with Gasteiger partial charge in [-0.3, -0.25) is 10.2 Å². The number of aliphatic imine (C=N–C) groups is 2. The number of fused-ring (bicyclic) bond motifs is 1. The van der Waals surface area contributed by atoms with Crippen LogP contribution in [-0.4, -0.2) is 61.0 Å². The Morgan fingerprint density at radius 3 is 2.62 bits per heavy atom. The quantitative estimate of drug-likeness (QED) is 0.347. The SMILES string of the molecule is N=C(OC(N)=N[C@H]1N=C(c2ccccc2)c2ccccc2NC1=O)c1ncc(C2CC2)cc1N1CCOCC1. The van der Waals surface area contributed by atoms with Gasteiger partial charge in [0.2, 0.25) is 12.1 Å². The van der Waals surface area contributed by atoms with Crippen LogP contribution in [0, 0.1) is 5.41 Å². The summed E-state index contributed by atoms with van der Waals surface area (Å²) in [5, 5.41) is 11.5. The number of hydrogen-bond donors (Lipinski definition) is 3. The first-order valence-corrected chi connectivity index (χ1v) is 13.0. The number of amidine groups is 1. The minimum absolute atomic E-state index is 0.246. The van der Waals surface area contributed by atoms with Gasteiger partial charge in [0.05, 0.1) is 30.3 Å². The second-order valence-corrected chi connectivity index (χ2v) is 9.66. The van der Waals surface area contributed by atoms with Crippen LogP contribution in [0.5, 0.6) is 0 Å². The number of anilines is 2. The highest BCUT2D eigenvalue weighted by molar-refractivity contribution is 6.19. The summed E-state index contributed by atoms with van der Waals surface area (Å²) >= 11 is 0. The minimum Gasteiger partial charge on any atom is -0.405 e. The maximum Gasteiger partial charge on any atom is 0.291 e. The van der Waals surface area contributed by atoms with Gasteiger partial charge in [-0.2, -0.15) is 4.99 Å². The summed E-state index contributed by atoms with van der Waals surface area (Å²) in [6.07, 6.45) is 2.89. The highest BCUT2D eigenvalue weighted by Crippen LogP contribution is 2.41. The number of pyridine rings is 1. The van der Waals surface area contributed by atoms with Gasteiger partial charge in [-0.1, -0.05) is 48.5 Å². The molecule has 0 radical (unpaired) electrons. The topological polar surface area (TPSA) is 138 Å². The van der Waals surface area contributed by atoms with Crippen LogP contribution in [0.1, 0.15) is 41.1 Å². The summed E-state index contributed by atoms with van der Waals surface area (Å²) in [7, 11) is 0. The Labute approximate surface area is 226 Å². The summed E-state index contributed by atoms with van der Waals surface area (Å²) in [4.78, 5) is 28.8. The number of rotatable bonds is 5. The van der Waals surface area contributed by atoms with Gasteiger partial charge < -0.3 is 25.4 Å². The second-order valence-electron chi connectivity index (χ2n) is 9.66. The van der Waals surface area contributed by atoms with Gasteiger partial charge in [-0.05, 0) is 36.5 Å². The smallest absolute Gasteiger partial charge is 0.291 e. The number of carbonyl (C=O) groups is 1. The number of para-hydroxylation sites is 1. The van der Waals surface area contributed by atoms with E-state index in [-0.39, 0.29) is 11.9 Å². The summed E-state index contributed by atoms with van der Waals surface area (Å²) in [6, 6.07) is 18.8. The molecule has 1 aliphatic carbocycles. The summed E-state index contributed by atoms with van der Waals surface area (Å²) in [5.41, 5.74) is 11.3. The molecule has 39 heavy (non-hydrogen) atoms. The van der Waals surface area contributed by atoms with Gasteiger partial charge in [-0.15, -0.1) is 0 Å². The number of amides is 1.